The van der Waals surface area contributed by atoms with Crippen LogP contribution in [0.5, 0.6) is 0 Å². The molecule has 0 unspecified atom stereocenters. The molecule has 0 atom stereocenters. The van der Waals surface area contributed by atoms with E-state index >= 15 is 0 Å². The van der Waals surface area contributed by atoms with E-state index in [-0.39, 0.29) is 11.3 Å². The van der Waals surface area contributed by atoms with Crippen molar-refractivity contribution in [2.75, 3.05) is 19.7 Å². The van der Waals surface area contributed by atoms with Gasteiger partial charge in [-0.3, -0.25) is 4.79 Å². The van der Waals surface area contributed by atoms with E-state index in [1.807, 2.05) is 18.7 Å². The van der Waals surface area contributed by atoms with Crippen molar-refractivity contribution in [3.05, 3.63) is 0 Å². The fraction of sp³-hybridized carbons (Fsp3) is 0.867. The molecule has 2 rings (SSSR count). The van der Waals surface area contributed by atoms with Crippen LogP contribution in [0.3, 0.4) is 0 Å². The van der Waals surface area contributed by atoms with Crippen molar-refractivity contribution in [3.63, 3.8) is 0 Å². The van der Waals surface area contributed by atoms with Crippen LogP contribution < -0.4 is 0 Å². The maximum atomic E-state index is 12.2. The smallest absolute Gasteiger partial charge is 0.222 e. The Labute approximate surface area is 115 Å². The lowest BCUT2D eigenvalue weighted by Gasteiger charge is -2.38. The van der Waals surface area contributed by atoms with Crippen molar-refractivity contribution in [2.24, 2.45) is 11.3 Å². The lowest BCUT2D eigenvalue weighted by Crippen LogP contribution is -2.43. The molecule has 1 amide bonds. The van der Waals surface area contributed by atoms with Gasteiger partial charge in [0.25, 0.3) is 0 Å². The molecule has 0 aromatic carbocycles. The van der Waals surface area contributed by atoms with Gasteiger partial charge in [-0.05, 0) is 45.4 Å². The summed E-state index contributed by atoms with van der Waals surface area (Å²) in [7, 11) is 0. The Balaban J connectivity index is 1.70. The number of hydrogen-bond acceptors (Lipinski definition) is 3. The van der Waals surface area contributed by atoms with Crippen LogP contribution in [0.25, 0.3) is 0 Å². The number of piperidine rings is 1. The summed E-state index contributed by atoms with van der Waals surface area (Å²) in [4.78, 5) is 14.1. The lowest BCUT2D eigenvalue weighted by atomic mass is 9.79. The van der Waals surface area contributed by atoms with Crippen LogP contribution in [0.4, 0.5) is 0 Å². The molecule has 2 fully saturated rings. The zero-order chi connectivity index (χ0) is 13.9. The van der Waals surface area contributed by atoms with Gasteiger partial charge in [-0.2, -0.15) is 5.26 Å². The summed E-state index contributed by atoms with van der Waals surface area (Å²) in [6, 6.07) is 2.37. The van der Waals surface area contributed by atoms with E-state index in [1.54, 1.807) is 0 Å². The molecule has 0 N–H and O–H groups in total. The normalized spacial score (nSPS) is 29.4. The van der Waals surface area contributed by atoms with E-state index in [0.717, 1.165) is 45.4 Å². The highest BCUT2D eigenvalue weighted by molar-refractivity contribution is 5.76. The molecule has 1 heterocycles. The summed E-state index contributed by atoms with van der Waals surface area (Å²) in [6.07, 6.45) is 4.72. The Bertz CT molecular complexity index is 361. The van der Waals surface area contributed by atoms with Crippen molar-refractivity contribution in [2.45, 2.75) is 52.1 Å². The first kappa shape index (κ1) is 14.3. The average Bonchev–Trinajstić information content (AvgIpc) is 2.37. The quantitative estimate of drug-likeness (QED) is 0.783. The van der Waals surface area contributed by atoms with Crippen molar-refractivity contribution in [1.29, 1.82) is 5.26 Å². The van der Waals surface area contributed by atoms with Gasteiger partial charge in [0.1, 0.15) is 0 Å². The zero-order valence-corrected chi connectivity index (χ0v) is 12.0. The first-order valence-corrected chi connectivity index (χ1v) is 7.37. The van der Waals surface area contributed by atoms with Crippen LogP contribution in [0.2, 0.25) is 0 Å². The van der Waals surface area contributed by atoms with Gasteiger partial charge in [0.05, 0.1) is 17.6 Å². The summed E-state index contributed by atoms with van der Waals surface area (Å²) in [5.41, 5.74) is -0.229. The molecule has 1 aliphatic heterocycles. The summed E-state index contributed by atoms with van der Waals surface area (Å²) >= 11 is 0. The second-order valence-electron chi connectivity index (χ2n) is 6.17. The fourth-order valence-corrected chi connectivity index (χ4v) is 2.95. The van der Waals surface area contributed by atoms with Crippen LogP contribution in [-0.4, -0.2) is 36.6 Å². The number of carbonyl (C=O) groups excluding carboxylic acids is 1. The van der Waals surface area contributed by atoms with Crippen LogP contribution in [0, 0.1) is 22.7 Å². The molecule has 1 saturated heterocycles. The topological polar surface area (TPSA) is 53.3 Å². The lowest BCUT2D eigenvalue weighted by molar-refractivity contribution is -0.136. The Morgan fingerprint density at radius 1 is 1.42 bits per heavy atom. The number of nitriles is 1. The highest BCUT2D eigenvalue weighted by Crippen LogP contribution is 2.34. The van der Waals surface area contributed by atoms with Gasteiger partial charge in [0.2, 0.25) is 5.91 Å². The van der Waals surface area contributed by atoms with Gasteiger partial charge in [0, 0.05) is 26.1 Å². The van der Waals surface area contributed by atoms with Crippen molar-refractivity contribution in [1.82, 2.24) is 4.90 Å². The number of likely N-dealkylation sites (tertiary alicyclic amines) is 1. The van der Waals surface area contributed by atoms with Crippen LogP contribution in [0.1, 0.15) is 46.0 Å². The predicted octanol–water partition coefficient (Wildman–Crippen LogP) is 2.34. The zero-order valence-electron chi connectivity index (χ0n) is 12.0. The molecule has 2 aliphatic rings. The average molecular weight is 264 g/mol. The van der Waals surface area contributed by atoms with Crippen molar-refractivity contribution < 1.29 is 9.53 Å². The molecule has 0 spiro atoms. The van der Waals surface area contributed by atoms with Gasteiger partial charge in [-0.1, -0.05) is 0 Å². The predicted molar refractivity (Wildman–Crippen MR) is 72.3 cm³/mol. The molecule has 0 aromatic rings. The third-order valence-corrected chi connectivity index (χ3v) is 4.55. The van der Waals surface area contributed by atoms with Crippen molar-refractivity contribution >= 4 is 5.91 Å². The second kappa shape index (κ2) is 5.92. The van der Waals surface area contributed by atoms with E-state index in [4.69, 9.17) is 10.00 Å². The molecule has 0 aromatic heterocycles. The molecule has 19 heavy (non-hydrogen) atoms. The van der Waals surface area contributed by atoms with Gasteiger partial charge >= 0.3 is 0 Å². The monoisotopic (exact) mass is 264 g/mol. The van der Waals surface area contributed by atoms with Crippen LogP contribution in [0.15, 0.2) is 0 Å². The van der Waals surface area contributed by atoms with Gasteiger partial charge in [0.15, 0.2) is 0 Å². The molecule has 4 heteroatoms. The Morgan fingerprint density at radius 2 is 2.05 bits per heavy atom. The third kappa shape index (κ3) is 3.48. The minimum absolute atomic E-state index is 0.229. The maximum Gasteiger partial charge on any atom is 0.222 e. The SMILES string of the molecule is CCOC1CC(CC(=O)N2CCC(C)(C#N)CC2)C1. The third-order valence-electron chi connectivity index (χ3n) is 4.55. The van der Waals surface area contributed by atoms with E-state index < -0.39 is 0 Å². The molecule has 0 bridgehead atoms. The van der Waals surface area contributed by atoms with Gasteiger partial charge in [-0.15, -0.1) is 0 Å². The molecular weight excluding hydrogens is 240 g/mol. The molecule has 106 valence electrons. The molecule has 1 saturated carbocycles. The second-order valence-corrected chi connectivity index (χ2v) is 6.17. The summed E-state index contributed by atoms with van der Waals surface area (Å²) < 4.78 is 5.52. The highest BCUT2D eigenvalue weighted by Gasteiger charge is 2.35. The number of carbonyl (C=O) groups is 1. The standard InChI is InChI=1S/C15H24N2O2/c1-3-19-13-8-12(9-13)10-14(18)17-6-4-15(2,11-16)5-7-17/h12-13H,3-10H2,1-2H3. The molecular formula is C15H24N2O2. The first-order valence-electron chi connectivity index (χ1n) is 7.37. The molecule has 1 aliphatic carbocycles. The van der Waals surface area contributed by atoms with Crippen molar-refractivity contribution in [3.8, 4) is 6.07 Å². The number of hydrogen-bond donors (Lipinski definition) is 0. The van der Waals surface area contributed by atoms with Gasteiger partial charge < -0.3 is 9.64 Å². The summed E-state index contributed by atoms with van der Waals surface area (Å²) in [5.74, 6) is 0.772. The molecule has 4 nitrogen and oxygen atoms in total. The van der Waals surface area contributed by atoms with Crippen LogP contribution in [-0.2, 0) is 9.53 Å². The number of amides is 1. The first-order chi connectivity index (χ1) is 9.06. The summed E-state index contributed by atoms with van der Waals surface area (Å²) in [5, 5.41) is 9.08. The Morgan fingerprint density at radius 3 is 2.58 bits per heavy atom. The number of nitrogens with zero attached hydrogens (tertiary/aromatic N) is 2. The minimum atomic E-state index is -0.229. The van der Waals surface area contributed by atoms with E-state index in [0.29, 0.717) is 18.4 Å². The number of ether oxygens (including phenoxy) is 1. The van der Waals surface area contributed by atoms with E-state index in [2.05, 4.69) is 6.07 Å². The van der Waals surface area contributed by atoms with E-state index in [1.165, 1.54) is 0 Å². The Kier molecular flexibility index (Phi) is 4.46. The summed E-state index contributed by atoms with van der Waals surface area (Å²) in [6.45, 7) is 6.26. The van der Waals surface area contributed by atoms with Crippen LogP contribution >= 0.6 is 0 Å². The Hall–Kier alpha value is -1.08. The van der Waals surface area contributed by atoms with Gasteiger partial charge in [-0.25, -0.2) is 0 Å². The highest BCUT2D eigenvalue weighted by atomic mass is 16.5. The fourth-order valence-electron chi connectivity index (χ4n) is 2.95. The largest absolute Gasteiger partial charge is 0.378 e. The minimum Gasteiger partial charge on any atom is -0.378 e. The number of rotatable bonds is 4. The van der Waals surface area contributed by atoms with E-state index in [9.17, 15) is 4.79 Å². The molecule has 0 radical (unpaired) electrons. The maximum absolute atomic E-state index is 12.2.